The third kappa shape index (κ3) is 4.47. The standard InChI is InChI=1S/C19H14Cl3N3O3/c20-19(21,22)18(23-15-10-5-7-12-6-1-2-8-13(12)15)24-17(26)14-9-3-4-11-16(14)25(27)28/h1-11,18,23H,(H,24,26)/t18-/m1/s1. The van der Waals surface area contributed by atoms with Gasteiger partial charge in [-0.1, -0.05) is 83.3 Å². The third-order valence-electron chi connectivity index (χ3n) is 4.04. The maximum absolute atomic E-state index is 12.6. The van der Waals surface area contributed by atoms with E-state index in [2.05, 4.69) is 10.6 Å². The maximum atomic E-state index is 12.6. The Kier molecular flexibility index (Phi) is 5.93. The highest BCUT2D eigenvalue weighted by Gasteiger charge is 2.35. The van der Waals surface area contributed by atoms with Crippen molar-refractivity contribution in [1.29, 1.82) is 0 Å². The number of nitrogens with one attached hydrogen (secondary N) is 2. The zero-order valence-electron chi connectivity index (χ0n) is 14.2. The summed E-state index contributed by atoms with van der Waals surface area (Å²) >= 11 is 18.2. The predicted molar refractivity (Wildman–Crippen MR) is 112 cm³/mol. The minimum Gasteiger partial charge on any atom is -0.361 e. The average Bonchev–Trinajstić information content (AvgIpc) is 2.66. The number of para-hydroxylation sites is 1. The van der Waals surface area contributed by atoms with Gasteiger partial charge in [-0.05, 0) is 17.5 Å². The Bertz CT molecular complexity index is 1030. The van der Waals surface area contributed by atoms with Crippen LogP contribution in [0.3, 0.4) is 0 Å². The van der Waals surface area contributed by atoms with Crippen molar-refractivity contribution in [2.75, 3.05) is 5.32 Å². The van der Waals surface area contributed by atoms with E-state index in [0.717, 1.165) is 10.8 Å². The third-order valence-corrected chi connectivity index (χ3v) is 4.69. The molecule has 0 aliphatic heterocycles. The van der Waals surface area contributed by atoms with Gasteiger partial charge in [-0.3, -0.25) is 14.9 Å². The van der Waals surface area contributed by atoms with E-state index in [1.165, 1.54) is 24.3 Å². The molecular formula is C19H14Cl3N3O3. The second-order valence-corrected chi connectivity index (χ2v) is 8.26. The first-order valence-corrected chi connectivity index (χ1v) is 9.26. The second kappa shape index (κ2) is 8.22. The van der Waals surface area contributed by atoms with Crippen LogP contribution in [0.25, 0.3) is 10.8 Å². The fourth-order valence-electron chi connectivity index (χ4n) is 2.74. The molecule has 144 valence electrons. The molecule has 0 saturated carbocycles. The lowest BCUT2D eigenvalue weighted by atomic mass is 10.1. The van der Waals surface area contributed by atoms with Crippen molar-refractivity contribution in [3.05, 3.63) is 82.4 Å². The number of nitrogens with zero attached hydrogens (tertiary/aromatic N) is 1. The van der Waals surface area contributed by atoms with Crippen LogP contribution in [0.1, 0.15) is 10.4 Å². The summed E-state index contributed by atoms with van der Waals surface area (Å²) in [6, 6.07) is 18.7. The molecule has 0 fully saturated rings. The maximum Gasteiger partial charge on any atom is 0.282 e. The van der Waals surface area contributed by atoms with Gasteiger partial charge < -0.3 is 10.6 Å². The van der Waals surface area contributed by atoms with Gasteiger partial charge in [-0.2, -0.15) is 0 Å². The number of hydrogen-bond acceptors (Lipinski definition) is 4. The van der Waals surface area contributed by atoms with Crippen molar-refractivity contribution < 1.29 is 9.72 Å². The number of hydrogen-bond donors (Lipinski definition) is 2. The number of nitro benzene ring substituents is 1. The summed E-state index contributed by atoms with van der Waals surface area (Å²) < 4.78 is -1.92. The number of anilines is 1. The molecule has 2 N–H and O–H groups in total. The molecule has 1 atom stereocenters. The number of rotatable bonds is 5. The molecular weight excluding hydrogens is 425 g/mol. The summed E-state index contributed by atoms with van der Waals surface area (Å²) in [5.41, 5.74) is 0.164. The van der Waals surface area contributed by atoms with Gasteiger partial charge >= 0.3 is 0 Å². The van der Waals surface area contributed by atoms with E-state index in [1.54, 1.807) is 6.07 Å². The number of nitro groups is 1. The number of fused-ring (bicyclic) bond motifs is 1. The number of carbonyl (C=O) groups is 1. The lowest BCUT2D eigenvalue weighted by Gasteiger charge is -2.28. The van der Waals surface area contributed by atoms with Crippen molar-refractivity contribution in [2.45, 2.75) is 9.96 Å². The van der Waals surface area contributed by atoms with Crippen LogP contribution in [0.4, 0.5) is 11.4 Å². The Labute approximate surface area is 175 Å². The molecule has 0 bridgehead atoms. The van der Waals surface area contributed by atoms with Crippen molar-refractivity contribution in [3.63, 3.8) is 0 Å². The summed E-state index contributed by atoms with van der Waals surface area (Å²) in [5, 5.41) is 18.5. The minimum atomic E-state index is -1.92. The van der Waals surface area contributed by atoms with Crippen molar-refractivity contribution >= 4 is 62.9 Å². The van der Waals surface area contributed by atoms with E-state index in [0.29, 0.717) is 5.69 Å². The molecule has 0 aromatic heterocycles. The van der Waals surface area contributed by atoms with E-state index < -0.39 is 20.8 Å². The first-order chi connectivity index (χ1) is 13.3. The molecule has 3 rings (SSSR count). The highest BCUT2D eigenvalue weighted by atomic mass is 35.6. The van der Waals surface area contributed by atoms with Crippen LogP contribution >= 0.6 is 34.8 Å². The van der Waals surface area contributed by atoms with E-state index >= 15 is 0 Å². The molecule has 0 radical (unpaired) electrons. The molecule has 28 heavy (non-hydrogen) atoms. The molecule has 1 amide bonds. The topological polar surface area (TPSA) is 84.3 Å². The molecule has 0 spiro atoms. The molecule has 0 aliphatic carbocycles. The van der Waals surface area contributed by atoms with Crippen molar-refractivity contribution in [3.8, 4) is 0 Å². The lowest BCUT2D eigenvalue weighted by Crippen LogP contribution is -2.49. The zero-order chi connectivity index (χ0) is 20.3. The van der Waals surface area contributed by atoms with Gasteiger partial charge in [0.1, 0.15) is 11.7 Å². The molecule has 0 aliphatic rings. The monoisotopic (exact) mass is 437 g/mol. The quantitative estimate of drug-likeness (QED) is 0.245. The Balaban J connectivity index is 1.92. The van der Waals surface area contributed by atoms with Gasteiger partial charge in [0.15, 0.2) is 0 Å². The predicted octanol–water partition coefficient (Wildman–Crippen LogP) is 5.29. The van der Waals surface area contributed by atoms with Crippen molar-refractivity contribution in [2.24, 2.45) is 0 Å². The van der Waals surface area contributed by atoms with E-state index in [9.17, 15) is 14.9 Å². The highest BCUT2D eigenvalue weighted by Crippen LogP contribution is 2.33. The van der Waals surface area contributed by atoms with Crippen LogP contribution in [-0.2, 0) is 0 Å². The van der Waals surface area contributed by atoms with E-state index in [-0.39, 0.29) is 11.3 Å². The van der Waals surface area contributed by atoms with Crippen LogP contribution in [0.15, 0.2) is 66.7 Å². The molecule has 3 aromatic carbocycles. The minimum absolute atomic E-state index is 0.133. The number of halogens is 3. The van der Waals surface area contributed by atoms with Crippen LogP contribution in [-0.4, -0.2) is 20.8 Å². The first kappa shape index (κ1) is 20.2. The Hall–Kier alpha value is -2.54. The summed E-state index contributed by atoms with van der Waals surface area (Å²) in [7, 11) is 0. The fraction of sp³-hybridized carbons (Fsp3) is 0.105. The Morgan fingerprint density at radius 1 is 0.964 bits per heavy atom. The van der Waals surface area contributed by atoms with Crippen LogP contribution in [0, 0.1) is 10.1 Å². The Morgan fingerprint density at radius 3 is 2.32 bits per heavy atom. The SMILES string of the molecule is O=C(N[C@@H](Nc1cccc2ccccc12)C(Cl)(Cl)Cl)c1ccccc1[N+](=O)[O-]. The molecule has 3 aromatic rings. The summed E-state index contributed by atoms with van der Waals surface area (Å²) in [6.07, 6.45) is -1.14. The molecule has 6 nitrogen and oxygen atoms in total. The van der Waals surface area contributed by atoms with Crippen LogP contribution in [0.5, 0.6) is 0 Å². The van der Waals surface area contributed by atoms with Crippen molar-refractivity contribution in [1.82, 2.24) is 5.32 Å². The first-order valence-electron chi connectivity index (χ1n) is 8.12. The van der Waals surface area contributed by atoms with Crippen LogP contribution < -0.4 is 10.6 Å². The number of alkyl halides is 3. The number of benzene rings is 3. The van der Waals surface area contributed by atoms with Gasteiger partial charge in [0, 0.05) is 17.1 Å². The number of amides is 1. The smallest absolute Gasteiger partial charge is 0.282 e. The van der Waals surface area contributed by atoms with Crippen LogP contribution in [0.2, 0.25) is 0 Å². The van der Waals surface area contributed by atoms with Gasteiger partial charge in [0.05, 0.1) is 4.92 Å². The zero-order valence-corrected chi connectivity index (χ0v) is 16.5. The average molecular weight is 439 g/mol. The molecule has 9 heteroatoms. The largest absolute Gasteiger partial charge is 0.361 e. The fourth-order valence-corrected chi connectivity index (χ4v) is 3.07. The highest BCUT2D eigenvalue weighted by molar-refractivity contribution is 6.68. The molecule has 0 unspecified atom stereocenters. The normalized spacial score (nSPS) is 12.4. The second-order valence-electron chi connectivity index (χ2n) is 5.89. The van der Waals surface area contributed by atoms with E-state index in [1.807, 2.05) is 36.4 Å². The molecule has 0 heterocycles. The number of carbonyl (C=O) groups excluding carboxylic acids is 1. The van der Waals surface area contributed by atoms with E-state index in [4.69, 9.17) is 34.8 Å². The molecule has 0 saturated heterocycles. The summed E-state index contributed by atoms with van der Waals surface area (Å²) in [6.45, 7) is 0. The van der Waals surface area contributed by atoms with Gasteiger partial charge in [-0.15, -0.1) is 0 Å². The van der Waals surface area contributed by atoms with Gasteiger partial charge in [0.25, 0.3) is 11.6 Å². The van der Waals surface area contributed by atoms with Gasteiger partial charge in [-0.25, -0.2) is 0 Å². The Morgan fingerprint density at radius 2 is 1.61 bits per heavy atom. The summed E-state index contributed by atoms with van der Waals surface area (Å²) in [4.78, 5) is 23.2. The van der Waals surface area contributed by atoms with Gasteiger partial charge in [0.2, 0.25) is 3.79 Å². The lowest BCUT2D eigenvalue weighted by molar-refractivity contribution is -0.385. The summed E-state index contributed by atoms with van der Waals surface area (Å²) in [5.74, 6) is -0.739.